The number of alkyl halides is 3. The third-order valence-electron chi connectivity index (χ3n) is 6.07. The van der Waals surface area contributed by atoms with Gasteiger partial charge in [-0.05, 0) is 62.8 Å². The Hall–Kier alpha value is -2.74. The minimum atomic E-state index is -4.31. The summed E-state index contributed by atoms with van der Waals surface area (Å²) < 4.78 is 50.2. The second-order valence-electron chi connectivity index (χ2n) is 9.80. The summed E-state index contributed by atoms with van der Waals surface area (Å²) in [6, 6.07) is 13.8. The topological polar surface area (TPSA) is 64.8 Å². The highest BCUT2D eigenvalue weighted by atomic mass is 19.4. The highest BCUT2D eigenvalue weighted by Crippen LogP contribution is 2.42. The van der Waals surface area contributed by atoms with Crippen LogP contribution in [0.25, 0.3) is 0 Å². The molecule has 1 aliphatic heterocycles. The quantitative estimate of drug-likeness (QED) is 0.590. The number of amides is 1. The average Bonchev–Trinajstić information content (AvgIpc) is 2.73. The van der Waals surface area contributed by atoms with Gasteiger partial charge >= 0.3 is 12.3 Å². The minimum Gasteiger partial charge on any atom is -0.496 e. The average molecular weight is 479 g/mol. The third kappa shape index (κ3) is 6.03. The lowest BCUT2D eigenvalue weighted by molar-refractivity contribution is -0.127. The van der Waals surface area contributed by atoms with E-state index in [1.807, 2.05) is 30.3 Å². The van der Waals surface area contributed by atoms with Gasteiger partial charge in [0.1, 0.15) is 17.0 Å². The molecule has 1 fully saturated rings. The predicted molar refractivity (Wildman–Crippen MR) is 124 cm³/mol. The van der Waals surface area contributed by atoms with Crippen LogP contribution in [-0.4, -0.2) is 36.4 Å². The minimum absolute atomic E-state index is 0.158. The molecule has 0 radical (unpaired) electrons. The van der Waals surface area contributed by atoms with Crippen LogP contribution in [0, 0.1) is 5.92 Å². The van der Waals surface area contributed by atoms with Crippen LogP contribution in [-0.2, 0) is 23.2 Å². The third-order valence-corrected chi connectivity index (χ3v) is 6.07. The van der Waals surface area contributed by atoms with E-state index in [4.69, 9.17) is 15.2 Å². The Kier molecular flexibility index (Phi) is 7.50. The summed E-state index contributed by atoms with van der Waals surface area (Å²) in [6.45, 7) is 5.81. The van der Waals surface area contributed by atoms with Crippen molar-refractivity contribution in [3.8, 4) is 5.75 Å². The van der Waals surface area contributed by atoms with Gasteiger partial charge in [-0.3, -0.25) is 4.90 Å². The summed E-state index contributed by atoms with van der Waals surface area (Å²) in [5, 5.41) is 0. The van der Waals surface area contributed by atoms with Crippen molar-refractivity contribution in [1.82, 2.24) is 4.90 Å². The summed E-state index contributed by atoms with van der Waals surface area (Å²) in [7, 11) is 1.49. The van der Waals surface area contributed by atoms with E-state index in [2.05, 4.69) is 0 Å². The monoisotopic (exact) mass is 478 g/mol. The fourth-order valence-electron chi connectivity index (χ4n) is 4.63. The van der Waals surface area contributed by atoms with E-state index in [0.29, 0.717) is 37.1 Å². The number of nitrogens with two attached hydrogens (primary N) is 1. The lowest BCUT2D eigenvalue weighted by atomic mass is 9.75. The first-order valence-electron chi connectivity index (χ1n) is 11.4. The molecule has 5 nitrogen and oxygen atoms in total. The lowest BCUT2D eigenvalue weighted by Gasteiger charge is -2.50. The number of likely N-dealkylation sites (tertiary alicyclic amines) is 1. The molecule has 1 aliphatic rings. The molecule has 2 N–H and O–H groups in total. The van der Waals surface area contributed by atoms with Crippen LogP contribution in [0.2, 0.25) is 0 Å². The van der Waals surface area contributed by atoms with Crippen molar-refractivity contribution in [2.45, 2.75) is 63.9 Å². The molecule has 8 heteroatoms. The summed E-state index contributed by atoms with van der Waals surface area (Å²) in [5.74, 6) is 0.224. The van der Waals surface area contributed by atoms with Crippen LogP contribution in [0.3, 0.4) is 0 Å². The maximum Gasteiger partial charge on any atom is 0.412 e. The highest BCUT2D eigenvalue weighted by Gasteiger charge is 2.48. The van der Waals surface area contributed by atoms with Gasteiger partial charge in [0.25, 0.3) is 0 Å². The molecule has 1 amide bonds. The van der Waals surface area contributed by atoms with Gasteiger partial charge < -0.3 is 15.2 Å². The van der Waals surface area contributed by atoms with E-state index in [9.17, 15) is 18.0 Å². The number of benzene rings is 2. The highest BCUT2D eigenvalue weighted by molar-refractivity contribution is 5.70. The molecule has 2 atom stereocenters. The molecule has 1 saturated heterocycles. The van der Waals surface area contributed by atoms with Crippen molar-refractivity contribution in [3.05, 3.63) is 65.2 Å². The molecule has 0 aromatic heterocycles. The van der Waals surface area contributed by atoms with Gasteiger partial charge in [0.2, 0.25) is 0 Å². The first kappa shape index (κ1) is 25.9. The number of carbonyl (C=O) groups excluding carboxylic acids is 1. The van der Waals surface area contributed by atoms with Crippen LogP contribution >= 0.6 is 0 Å². The summed E-state index contributed by atoms with van der Waals surface area (Å²) >= 11 is 0. The second-order valence-corrected chi connectivity index (χ2v) is 9.80. The number of ether oxygens (including phenoxy) is 2. The van der Waals surface area contributed by atoms with Gasteiger partial charge in [-0.2, -0.15) is 13.2 Å². The maximum absolute atomic E-state index is 13.2. The number of halogens is 3. The molecule has 2 aromatic carbocycles. The number of carbonyl (C=O) groups is 1. The van der Waals surface area contributed by atoms with Crippen LogP contribution in [0.5, 0.6) is 5.75 Å². The summed E-state index contributed by atoms with van der Waals surface area (Å²) in [6.07, 6.45) is -4.12. The molecular formula is C26H33F3N2O3. The van der Waals surface area contributed by atoms with E-state index in [1.54, 1.807) is 31.7 Å². The fourth-order valence-corrected chi connectivity index (χ4v) is 4.63. The zero-order chi connectivity index (χ0) is 25.1. The van der Waals surface area contributed by atoms with Gasteiger partial charge in [-0.15, -0.1) is 0 Å². The van der Waals surface area contributed by atoms with Crippen molar-refractivity contribution in [2.75, 3.05) is 13.7 Å². The van der Waals surface area contributed by atoms with E-state index in [-0.39, 0.29) is 11.5 Å². The Morgan fingerprint density at radius 1 is 1.15 bits per heavy atom. The van der Waals surface area contributed by atoms with Gasteiger partial charge in [-0.25, -0.2) is 4.79 Å². The predicted octanol–water partition coefficient (Wildman–Crippen LogP) is 5.80. The van der Waals surface area contributed by atoms with Crippen LogP contribution < -0.4 is 10.5 Å². The number of nitrogens with zero attached hydrogens (tertiary/aromatic N) is 1. The van der Waals surface area contributed by atoms with E-state index >= 15 is 0 Å². The first-order chi connectivity index (χ1) is 15.8. The number of hydrogen-bond acceptors (Lipinski definition) is 4. The smallest absolute Gasteiger partial charge is 0.412 e. The normalized spacial score (nSPS) is 21.3. The molecule has 0 bridgehead atoms. The zero-order valence-corrected chi connectivity index (χ0v) is 20.1. The second kappa shape index (κ2) is 9.86. The van der Waals surface area contributed by atoms with Crippen molar-refractivity contribution in [3.63, 3.8) is 0 Å². The molecule has 2 unspecified atom stereocenters. The molecule has 0 spiro atoms. The van der Waals surface area contributed by atoms with Gasteiger partial charge in [0.05, 0.1) is 13.5 Å². The van der Waals surface area contributed by atoms with E-state index < -0.39 is 30.0 Å². The molecule has 1 heterocycles. The van der Waals surface area contributed by atoms with E-state index in [0.717, 1.165) is 5.56 Å². The lowest BCUT2D eigenvalue weighted by Crippen LogP contribution is -2.63. The molecule has 186 valence electrons. The number of rotatable bonds is 5. The van der Waals surface area contributed by atoms with Crippen molar-refractivity contribution < 1.29 is 27.4 Å². The molecule has 2 aromatic rings. The molecule has 34 heavy (non-hydrogen) atoms. The van der Waals surface area contributed by atoms with Gasteiger partial charge in [0.15, 0.2) is 0 Å². The number of methoxy groups -OCH3 is 1. The SMILES string of the molecule is COc1ccc(CC(F)(F)F)cc1CC1CCCN(C(=O)OC(C)(C)C)C1(N)c1ccccc1. The Morgan fingerprint density at radius 3 is 2.41 bits per heavy atom. The van der Waals surface area contributed by atoms with Crippen molar-refractivity contribution in [1.29, 1.82) is 0 Å². The zero-order valence-electron chi connectivity index (χ0n) is 20.1. The van der Waals surface area contributed by atoms with Crippen molar-refractivity contribution >= 4 is 6.09 Å². The first-order valence-corrected chi connectivity index (χ1v) is 11.4. The van der Waals surface area contributed by atoms with E-state index in [1.165, 1.54) is 19.2 Å². The number of hydrogen-bond donors (Lipinski definition) is 1. The molecule has 3 rings (SSSR count). The largest absolute Gasteiger partial charge is 0.496 e. The van der Waals surface area contributed by atoms with Gasteiger partial charge in [0, 0.05) is 12.5 Å². The van der Waals surface area contributed by atoms with Gasteiger partial charge in [-0.1, -0.05) is 42.5 Å². The standard InChI is InChI=1S/C26H33F3N2O3/c1-24(2,3)34-23(32)31-14-8-11-21(26(31,30)20-9-6-5-7-10-20)16-19-15-18(17-25(27,28)29)12-13-22(19)33-4/h5-7,9-10,12-13,15,21H,8,11,14,16-17,30H2,1-4H3. The van der Waals surface area contributed by atoms with Crippen LogP contribution in [0.15, 0.2) is 48.5 Å². The fraction of sp³-hybridized carbons (Fsp3) is 0.500. The molecular weight excluding hydrogens is 445 g/mol. The Bertz CT molecular complexity index is 989. The number of piperidine rings is 1. The Balaban J connectivity index is 2.02. The maximum atomic E-state index is 13.2. The summed E-state index contributed by atoms with van der Waals surface area (Å²) in [4.78, 5) is 14.8. The Labute approximate surface area is 199 Å². The molecule has 0 aliphatic carbocycles. The summed E-state index contributed by atoms with van der Waals surface area (Å²) in [5.41, 5.74) is 6.71. The van der Waals surface area contributed by atoms with Crippen molar-refractivity contribution in [2.24, 2.45) is 11.7 Å². The Morgan fingerprint density at radius 2 is 1.82 bits per heavy atom. The molecule has 0 saturated carbocycles. The van der Waals surface area contributed by atoms with Crippen LogP contribution in [0.4, 0.5) is 18.0 Å². The van der Waals surface area contributed by atoms with Crippen LogP contribution in [0.1, 0.15) is 50.3 Å².